The van der Waals surface area contributed by atoms with E-state index in [1.54, 1.807) is 6.20 Å². The van der Waals surface area contributed by atoms with Gasteiger partial charge < -0.3 is 10.7 Å². The Bertz CT molecular complexity index is 516. The number of hydrogen-bond acceptors (Lipinski definition) is 4. The van der Waals surface area contributed by atoms with Crippen LogP contribution < -0.4 is 5.73 Å². The van der Waals surface area contributed by atoms with Crippen LogP contribution in [0.1, 0.15) is 36.7 Å². The maximum Gasteiger partial charge on any atom is 0.151 e. The summed E-state index contributed by atoms with van der Waals surface area (Å²) >= 11 is 0. The molecule has 0 amide bonds. The number of sulfone groups is 1. The fourth-order valence-electron chi connectivity index (χ4n) is 2.21. The topological polar surface area (TPSA) is 88.8 Å². The molecule has 0 radical (unpaired) electrons. The summed E-state index contributed by atoms with van der Waals surface area (Å²) in [6.45, 7) is 0. The zero-order valence-corrected chi connectivity index (χ0v) is 9.76. The van der Waals surface area contributed by atoms with E-state index in [4.69, 9.17) is 5.73 Å². The Morgan fingerprint density at radius 2 is 2.25 bits per heavy atom. The standard InChI is InChI=1S/C10H15N3O2S/c11-10(2-3-10)9-12-5-8(13-9)7-1-4-16(14,15)6-7/h5,7H,1-4,6,11H2,(H,12,13). The van der Waals surface area contributed by atoms with Crippen molar-refractivity contribution < 1.29 is 8.42 Å². The SMILES string of the molecule is NC1(c2ncc(C3CCS(=O)(=O)C3)[nH]2)CC1. The molecule has 1 atom stereocenters. The van der Waals surface area contributed by atoms with Crippen molar-refractivity contribution in [1.29, 1.82) is 0 Å². The molecule has 6 heteroatoms. The van der Waals surface area contributed by atoms with Crippen molar-refractivity contribution in [3.05, 3.63) is 17.7 Å². The van der Waals surface area contributed by atoms with Crippen molar-refractivity contribution in [3.8, 4) is 0 Å². The first kappa shape index (κ1) is 10.3. The second-order valence-corrected chi connectivity index (χ2v) is 7.17. The Labute approximate surface area is 94.4 Å². The Kier molecular flexibility index (Phi) is 1.98. The largest absolute Gasteiger partial charge is 0.344 e. The lowest BCUT2D eigenvalue weighted by Crippen LogP contribution is -2.20. The van der Waals surface area contributed by atoms with Crippen LogP contribution in [0.4, 0.5) is 0 Å². The van der Waals surface area contributed by atoms with Gasteiger partial charge in [0.25, 0.3) is 0 Å². The quantitative estimate of drug-likeness (QED) is 0.777. The van der Waals surface area contributed by atoms with Gasteiger partial charge in [-0.1, -0.05) is 0 Å². The fraction of sp³-hybridized carbons (Fsp3) is 0.700. The van der Waals surface area contributed by atoms with E-state index in [9.17, 15) is 8.42 Å². The van der Waals surface area contributed by atoms with Gasteiger partial charge in [0.15, 0.2) is 9.84 Å². The molecule has 2 fully saturated rings. The lowest BCUT2D eigenvalue weighted by atomic mass is 10.1. The molecule has 1 aromatic heterocycles. The highest BCUT2D eigenvalue weighted by atomic mass is 32.2. The van der Waals surface area contributed by atoms with Crippen molar-refractivity contribution in [2.24, 2.45) is 5.73 Å². The lowest BCUT2D eigenvalue weighted by molar-refractivity contribution is 0.601. The molecule has 1 aliphatic heterocycles. The summed E-state index contributed by atoms with van der Waals surface area (Å²) in [6, 6.07) is 0. The summed E-state index contributed by atoms with van der Waals surface area (Å²) in [4.78, 5) is 7.46. The Morgan fingerprint density at radius 3 is 2.81 bits per heavy atom. The van der Waals surface area contributed by atoms with Crippen LogP contribution in [0.3, 0.4) is 0 Å². The van der Waals surface area contributed by atoms with E-state index in [-0.39, 0.29) is 17.2 Å². The van der Waals surface area contributed by atoms with Gasteiger partial charge in [-0.3, -0.25) is 0 Å². The molecule has 0 spiro atoms. The van der Waals surface area contributed by atoms with Crippen molar-refractivity contribution in [1.82, 2.24) is 9.97 Å². The molecular formula is C10H15N3O2S. The van der Waals surface area contributed by atoms with Crippen LogP contribution in [-0.4, -0.2) is 29.9 Å². The van der Waals surface area contributed by atoms with E-state index in [2.05, 4.69) is 9.97 Å². The van der Waals surface area contributed by atoms with Crippen LogP contribution in [0.2, 0.25) is 0 Å². The monoisotopic (exact) mass is 241 g/mol. The van der Waals surface area contributed by atoms with Gasteiger partial charge >= 0.3 is 0 Å². The first-order valence-corrected chi connectivity index (χ1v) is 7.35. The van der Waals surface area contributed by atoms with Gasteiger partial charge in [-0.15, -0.1) is 0 Å². The van der Waals surface area contributed by atoms with Crippen molar-refractivity contribution in [2.45, 2.75) is 30.7 Å². The number of aromatic amines is 1. The minimum Gasteiger partial charge on any atom is -0.344 e. The van der Waals surface area contributed by atoms with Gasteiger partial charge in [0.1, 0.15) is 5.82 Å². The van der Waals surface area contributed by atoms with E-state index >= 15 is 0 Å². The molecule has 1 unspecified atom stereocenters. The van der Waals surface area contributed by atoms with E-state index in [0.29, 0.717) is 12.2 Å². The highest BCUT2D eigenvalue weighted by Gasteiger charge is 2.43. The molecule has 1 saturated heterocycles. The Morgan fingerprint density at radius 1 is 1.50 bits per heavy atom. The van der Waals surface area contributed by atoms with E-state index in [0.717, 1.165) is 24.4 Å². The fourth-order valence-corrected chi connectivity index (χ4v) is 3.98. The minimum absolute atomic E-state index is 0.0774. The number of nitrogens with one attached hydrogen (secondary N) is 1. The first-order chi connectivity index (χ1) is 7.49. The van der Waals surface area contributed by atoms with Gasteiger partial charge in [0.2, 0.25) is 0 Å². The average Bonchev–Trinajstić information content (AvgIpc) is 2.68. The van der Waals surface area contributed by atoms with Crippen molar-refractivity contribution >= 4 is 9.84 Å². The van der Waals surface area contributed by atoms with Gasteiger partial charge in [-0.25, -0.2) is 13.4 Å². The summed E-state index contributed by atoms with van der Waals surface area (Å²) in [7, 11) is -2.83. The lowest BCUT2D eigenvalue weighted by Gasteiger charge is -2.05. The molecule has 1 aliphatic carbocycles. The number of imidazole rings is 1. The second kappa shape index (κ2) is 3.07. The van der Waals surface area contributed by atoms with Crippen LogP contribution in [0.5, 0.6) is 0 Å². The molecule has 88 valence electrons. The smallest absolute Gasteiger partial charge is 0.151 e. The molecule has 3 N–H and O–H groups in total. The minimum atomic E-state index is -2.83. The van der Waals surface area contributed by atoms with Crippen LogP contribution >= 0.6 is 0 Å². The molecule has 2 aliphatic rings. The zero-order chi connectivity index (χ0) is 11.4. The van der Waals surface area contributed by atoms with Gasteiger partial charge in [-0.05, 0) is 19.3 Å². The maximum absolute atomic E-state index is 11.4. The van der Waals surface area contributed by atoms with Gasteiger partial charge in [0, 0.05) is 17.8 Å². The molecule has 2 heterocycles. The van der Waals surface area contributed by atoms with Crippen LogP contribution in [0.25, 0.3) is 0 Å². The highest BCUT2D eigenvalue weighted by Crippen LogP contribution is 2.41. The molecule has 3 rings (SSSR count). The van der Waals surface area contributed by atoms with Gasteiger partial charge in [0.05, 0.1) is 17.0 Å². The molecule has 0 bridgehead atoms. The normalized spacial score (nSPS) is 30.4. The molecule has 0 aromatic carbocycles. The molecule has 1 saturated carbocycles. The molecule has 16 heavy (non-hydrogen) atoms. The van der Waals surface area contributed by atoms with E-state index in [1.165, 1.54) is 0 Å². The van der Waals surface area contributed by atoms with Crippen LogP contribution in [0, 0.1) is 0 Å². The number of nitrogens with zero attached hydrogens (tertiary/aromatic N) is 1. The Hall–Kier alpha value is -0.880. The number of H-pyrrole nitrogens is 1. The number of hydrogen-bond donors (Lipinski definition) is 2. The number of aromatic nitrogens is 2. The molecular weight excluding hydrogens is 226 g/mol. The molecule has 5 nitrogen and oxygen atoms in total. The third-order valence-corrected chi connectivity index (χ3v) is 5.30. The van der Waals surface area contributed by atoms with Crippen LogP contribution in [-0.2, 0) is 15.4 Å². The summed E-state index contributed by atoms with van der Waals surface area (Å²) in [5, 5.41) is 0. The van der Waals surface area contributed by atoms with Gasteiger partial charge in [-0.2, -0.15) is 0 Å². The number of nitrogens with two attached hydrogens (primary N) is 1. The predicted molar refractivity (Wildman–Crippen MR) is 59.7 cm³/mol. The predicted octanol–water partition coefficient (Wildman–Crippen LogP) is 0.260. The van der Waals surface area contributed by atoms with Crippen molar-refractivity contribution in [3.63, 3.8) is 0 Å². The van der Waals surface area contributed by atoms with Crippen molar-refractivity contribution in [2.75, 3.05) is 11.5 Å². The summed E-state index contributed by atoms with van der Waals surface area (Å²) < 4.78 is 22.7. The zero-order valence-electron chi connectivity index (χ0n) is 8.94. The second-order valence-electron chi connectivity index (χ2n) is 4.94. The third-order valence-electron chi connectivity index (χ3n) is 3.53. The first-order valence-electron chi connectivity index (χ1n) is 5.53. The summed E-state index contributed by atoms with van der Waals surface area (Å²) in [5.41, 5.74) is 6.68. The summed E-state index contributed by atoms with van der Waals surface area (Å²) in [6.07, 6.45) is 4.36. The van der Waals surface area contributed by atoms with E-state index in [1.807, 2.05) is 0 Å². The highest BCUT2D eigenvalue weighted by molar-refractivity contribution is 7.91. The summed E-state index contributed by atoms with van der Waals surface area (Å²) in [5.74, 6) is 1.42. The van der Waals surface area contributed by atoms with Crippen LogP contribution in [0.15, 0.2) is 6.20 Å². The number of rotatable bonds is 2. The Balaban J connectivity index is 1.83. The third kappa shape index (κ3) is 1.66. The van der Waals surface area contributed by atoms with E-state index < -0.39 is 9.84 Å². The molecule has 1 aromatic rings. The maximum atomic E-state index is 11.4. The average molecular weight is 241 g/mol.